The van der Waals surface area contributed by atoms with Gasteiger partial charge in [-0.15, -0.1) is 0 Å². The Morgan fingerprint density at radius 3 is 2.05 bits per heavy atom. The van der Waals surface area contributed by atoms with Gasteiger partial charge in [0.05, 0.1) is 0 Å². The summed E-state index contributed by atoms with van der Waals surface area (Å²) < 4.78 is 0. The van der Waals surface area contributed by atoms with Crippen LogP contribution in [0.5, 0.6) is 0 Å². The molecule has 0 bridgehead atoms. The lowest BCUT2D eigenvalue weighted by atomic mass is 9.86. The summed E-state index contributed by atoms with van der Waals surface area (Å²) in [6.07, 6.45) is 0. The fourth-order valence-electron chi connectivity index (χ4n) is 2.20. The van der Waals surface area contributed by atoms with Crippen LogP contribution >= 0.6 is 23.2 Å². The number of benzene rings is 1. The smallest absolute Gasteiger partial charge is 0.0500 e. The normalized spacial score (nSPS) is 15.6. The molecule has 0 aliphatic carbocycles. The topological polar surface area (TPSA) is 29.3 Å². The van der Waals surface area contributed by atoms with Crippen molar-refractivity contribution >= 4 is 23.2 Å². The standard InChI is InChI=1S/C15H24Cl2N2/c1-10(15(2,3)4)19(5)13(9-18)14-11(16)7-6-8-12(14)17/h6-8,10,13H,9,18H2,1-5H3. The Kier molecular flexibility index (Phi) is 5.69. The zero-order valence-corrected chi connectivity index (χ0v) is 13.9. The maximum Gasteiger partial charge on any atom is 0.0500 e. The third-order valence-corrected chi connectivity index (χ3v) is 4.57. The van der Waals surface area contributed by atoms with Gasteiger partial charge in [-0.25, -0.2) is 0 Å². The van der Waals surface area contributed by atoms with Gasteiger partial charge in [0.2, 0.25) is 0 Å². The number of hydrogen-bond donors (Lipinski definition) is 1. The van der Waals surface area contributed by atoms with Crippen LogP contribution in [0.4, 0.5) is 0 Å². The van der Waals surface area contributed by atoms with E-state index in [4.69, 9.17) is 28.9 Å². The first-order chi connectivity index (χ1) is 8.70. The quantitative estimate of drug-likeness (QED) is 0.895. The van der Waals surface area contributed by atoms with Crippen LogP contribution in [0.3, 0.4) is 0 Å². The molecule has 0 aromatic heterocycles. The molecule has 0 saturated heterocycles. The number of halogens is 2. The molecule has 0 spiro atoms. The van der Waals surface area contributed by atoms with Crippen molar-refractivity contribution < 1.29 is 0 Å². The average Bonchev–Trinajstić information content (AvgIpc) is 2.31. The number of nitrogens with two attached hydrogens (primary N) is 1. The van der Waals surface area contributed by atoms with Gasteiger partial charge in [-0.3, -0.25) is 4.90 Å². The average molecular weight is 303 g/mol. The second-order valence-electron chi connectivity index (χ2n) is 6.09. The molecule has 0 heterocycles. The van der Waals surface area contributed by atoms with Crippen molar-refractivity contribution in [3.63, 3.8) is 0 Å². The van der Waals surface area contributed by atoms with E-state index < -0.39 is 0 Å². The van der Waals surface area contributed by atoms with Crippen molar-refractivity contribution in [3.8, 4) is 0 Å². The number of rotatable bonds is 4. The van der Waals surface area contributed by atoms with E-state index in [1.54, 1.807) is 0 Å². The summed E-state index contributed by atoms with van der Waals surface area (Å²) in [6.45, 7) is 9.34. The molecule has 1 rings (SSSR count). The van der Waals surface area contributed by atoms with Crippen molar-refractivity contribution in [2.24, 2.45) is 11.1 Å². The highest BCUT2D eigenvalue weighted by Crippen LogP contribution is 2.36. The Morgan fingerprint density at radius 2 is 1.68 bits per heavy atom. The van der Waals surface area contributed by atoms with Crippen molar-refractivity contribution in [1.29, 1.82) is 0 Å². The molecule has 2 unspecified atom stereocenters. The summed E-state index contributed by atoms with van der Waals surface area (Å²) in [5, 5.41) is 1.35. The minimum Gasteiger partial charge on any atom is -0.329 e. The largest absolute Gasteiger partial charge is 0.329 e. The Bertz CT molecular complexity index is 406. The van der Waals surface area contributed by atoms with E-state index in [9.17, 15) is 0 Å². The predicted octanol–water partition coefficient (Wildman–Crippen LogP) is 4.36. The Hall–Kier alpha value is -0.280. The molecule has 0 aliphatic heterocycles. The fourth-order valence-corrected chi connectivity index (χ4v) is 2.85. The van der Waals surface area contributed by atoms with E-state index in [2.05, 4.69) is 39.6 Å². The van der Waals surface area contributed by atoms with Gasteiger partial charge in [0.15, 0.2) is 0 Å². The first kappa shape index (κ1) is 16.8. The maximum atomic E-state index is 6.30. The van der Waals surface area contributed by atoms with Crippen LogP contribution in [0.15, 0.2) is 18.2 Å². The molecule has 0 saturated carbocycles. The Morgan fingerprint density at radius 1 is 1.21 bits per heavy atom. The lowest BCUT2D eigenvalue weighted by Crippen LogP contribution is -2.43. The molecule has 1 aromatic carbocycles. The van der Waals surface area contributed by atoms with E-state index in [0.717, 1.165) is 5.56 Å². The summed E-state index contributed by atoms with van der Waals surface area (Å²) in [4.78, 5) is 2.26. The molecule has 1 aromatic rings. The molecular weight excluding hydrogens is 279 g/mol. The minimum atomic E-state index is 0.0235. The first-order valence-corrected chi connectivity index (χ1v) is 7.31. The fraction of sp³-hybridized carbons (Fsp3) is 0.600. The number of hydrogen-bond acceptors (Lipinski definition) is 2. The summed E-state index contributed by atoms with van der Waals surface area (Å²) in [7, 11) is 2.08. The van der Waals surface area contributed by atoms with E-state index >= 15 is 0 Å². The summed E-state index contributed by atoms with van der Waals surface area (Å²) in [5.74, 6) is 0. The second kappa shape index (κ2) is 6.45. The monoisotopic (exact) mass is 302 g/mol. The minimum absolute atomic E-state index is 0.0235. The van der Waals surface area contributed by atoms with Gasteiger partial charge in [-0.2, -0.15) is 0 Å². The number of nitrogens with zero attached hydrogens (tertiary/aromatic N) is 1. The molecule has 0 radical (unpaired) electrons. The highest BCUT2D eigenvalue weighted by molar-refractivity contribution is 6.36. The Labute approximate surface area is 126 Å². The molecule has 0 aliphatic rings. The van der Waals surface area contributed by atoms with Crippen molar-refractivity contribution in [1.82, 2.24) is 4.90 Å². The van der Waals surface area contributed by atoms with Crippen LogP contribution < -0.4 is 5.73 Å². The van der Waals surface area contributed by atoms with Crippen molar-refractivity contribution in [2.45, 2.75) is 39.8 Å². The van der Waals surface area contributed by atoms with Gasteiger partial charge < -0.3 is 5.73 Å². The molecule has 2 nitrogen and oxygen atoms in total. The van der Waals surface area contributed by atoms with Gasteiger partial charge in [0.1, 0.15) is 0 Å². The van der Waals surface area contributed by atoms with Crippen molar-refractivity contribution in [2.75, 3.05) is 13.6 Å². The molecule has 19 heavy (non-hydrogen) atoms. The highest BCUT2D eigenvalue weighted by Gasteiger charge is 2.30. The van der Waals surface area contributed by atoms with E-state index in [-0.39, 0.29) is 11.5 Å². The third kappa shape index (κ3) is 3.85. The summed E-state index contributed by atoms with van der Waals surface area (Å²) >= 11 is 12.6. The van der Waals surface area contributed by atoms with E-state index in [1.165, 1.54) is 0 Å². The predicted molar refractivity (Wildman–Crippen MR) is 84.9 cm³/mol. The summed E-state index contributed by atoms with van der Waals surface area (Å²) in [6, 6.07) is 5.96. The van der Waals surface area contributed by atoms with Gasteiger partial charge in [-0.1, -0.05) is 50.0 Å². The molecule has 108 valence electrons. The van der Waals surface area contributed by atoms with E-state index in [1.807, 2.05) is 18.2 Å². The van der Waals surface area contributed by atoms with Crippen LogP contribution in [0.1, 0.15) is 39.3 Å². The molecule has 2 atom stereocenters. The van der Waals surface area contributed by atoms with Gasteiger partial charge in [0.25, 0.3) is 0 Å². The molecule has 0 amide bonds. The van der Waals surface area contributed by atoms with E-state index in [0.29, 0.717) is 22.6 Å². The zero-order valence-electron chi connectivity index (χ0n) is 12.4. The molecule has 0 fully saturated rings. The lowest BCUT2D eigenvalue weighted by Gasteiger charge is -2.40. The maximum absolute atomic E-state index is 6.30. The number of likely N-dealkylation sites (N-methyl/N-ethyl adjacent to an activating group) is 1. The highest BCUT2D eigenvalue weighted by atomic mass is 35.5. The van der Waals surface area contributed by atoms with Gasteiger partial charge in [0, 0.05) is 34.2 Å². The van der Waals surface area contributed by atoms with Crippen molar-refractivity contribution in [3.05, 3.63) is 33.8 Å². The summed E-state index contributed by atoms with van der Waals surface area (Å²) in [5.41, 5.74) is 7.05. The van der Waals surface area contributed by atoms with Gasteiger partial charge in [-0.05, 0) is 31.5 Å². The molecule has 4 heteroatoms. The Balaban J connectivity index is 3.14. The SMILES string of the molecule is CC(N(C)C(CN)c1c(Cl)cccc1Cl)C(C)(C)C. The van der Waals surface area contributed by atoms with Crippen LogP contribution in [-0.2, 0) is 0 Å². The molecule has 2 N–H and O–H groups in total. The zero-order chi connectivity index (χ0) is 14.8. The van der Waals surface area contributed by atoms with Gasteiger partial charge >= 0.3 is 0 Å². The van der Waals surface area contributed by atoms with Crippen LogP contribution in [0.25, 0.3) is 0 Å². The lowest BCUT2D eigenvalue weighted by molar-refractivity contribution is 0.100. The second-order valence-corrected chi connectivity index (χ2v) is 6.91. The first-order valence-electron chi connectivity index (χ1n) is 6.56. The third-order valence-electron chi connectivity index (χ3n) is 3.91. The van der Waals surface area contributed by atoms with Crippen LogP contribution in [-0.4, -0.2) is 24.5 Å². The van der Waals surface area contributed by atoms with Crippen LogP contribution in [0, 0.1) is 5.41 Å². The van der Waals surface area contributed by atoms with Crippen LogP contribution in [0.2, 0.25) is 10.0 Å². The molecular formula is C15H24Cl2N2.